The summed E-state index contributed by atoms with van der Waals surface area (Å²) in [6.07, 6.45) is -3.91. The number of aliphatic carboxylic acids is 1. The molecular weight excluding hydrogens is 313 g/mol. The molecule has 1 aromatic heterocycles. The molecule has 1 heterocycles. The molecule has 0 atom stereocenters. The maximum absolute atomic E-state index is 11.5. The van der Waals surface area contributed by atoms with E-state index < -0.39 is 22.2 Å². The minimum absolute atomic E-state index is 0.494. The van der Waals surface area contributed by atoms with E-state index in [2.05, 4.69) is 4.98 Å². The molecule has 0 saturated carbocycles. The lowest BCUT2D eigenvalue weighted by Crippen LogP contribution is -2.21. The molecule has 2 aromatic rings. The summed E-state index contributed by atoms with van der Waals surface area (Å²) in [6.45, 7) is 1.68. The molecule has 116 valence electrons. The highest BCUT2D eigenvalue weighted by atomic mass is 32.2. The first-order valence-electron chi connectivity index (χ1n) is 5.39. The highest BCUT2D eigenvalue weighted by Crippen LogP contribution is 2.16. The van der Waals surface area contributed by atoms with Crippen LogP contribution in [0.3, 0.4) is 0 Å². The van der Waals surface area contributed by atoms with Crippen molar-refractivity contribution >= 4 is 27.0 Å². The molecule has 0 unspecified atom stereocenters. The molecule has 0 bridgehead atoms. The molecule has 0 amide bonds. The van der Waals surface area contributed by atoms with E-state index >= 15 is 0 Å². The lowest BCUT2D eigenvalue weighted by molar-refractivity contribution is -0.192. The molecule has 1 N–H and O–H groups in total. The van der Waals surface area contributed by atoms with Crippen LogP contribution in [-0.2, 0) is 14.8 Å². The number of benzene rings is 1. The fourth-order valence-corrected chi connectivity index (χ4v) is 2.58. The van der Waals surface area contributed by atoms with Crippen LogP contribution in [0.4, 0.5) is 13.2 Å². The summed E-state index contributed by atoms with van der Waals surface area (Å²) in [7, 11) is -3.26. The molecule has 0 aliphatic carbocycles. The second kappa shape index (κ2) is 5.72. The van der Waals surface area contributed by atoms with Crippen LogP contribution < -0.4 is 0 Å². The molecule has 1 aromatic carbocycles. The van der Waals surface area contributed by atoms with Gasteiger partial charge in [0.05, 0.1) is 17.3 Å². The van der Waals surface area contributed by atoms with Crippen LogP contribution >= 0.6 is 0 Å². The van der Waals surface area contributed by atoms with Gasteiger partial charge < -0.3 is 5.11 Å². The number of hydrogen-bond acceptors (Lipinski definition) is 4. The smallest absolute Gasteiger partial charge is 0.475 e. The Bertz CT molecular complexity index is 765. The Morgan fingerprint density at radius 2 is 1.76 bits per heavy atom. The number of nitrogens with zero attached hydrogens (tertiary/aromatic N) is 2. The van der Waals surface area contributed by atoms with E-state index in [0.717, 1.165) is 0 Å². The third kappa shape index (κ3) is 4.18. The number of imidazole rings is 1. The molecule has 0 radical (unpaired) electrons. The molecule has 0 aliphatic heterocycles. The first kappa shape index (κ1) is 17.0. The molecular formula is C11H11F3N2O4S. The van der Waals surface area contributed by atoms with Gasteiger partial charge in [-0.1, -0.05) is 12.1 Å². The van der Waals surface area contributed by atoms with E-state index in [1.807, 2.05) is 6.07 Å². The van der Waals surface area contributed by atoms with Gasteiger partial charge >= 0.3 is 12.1 Å². The number of aryl methyl sites for hydroxylation is 1. The van der Waals surface area contributed by atoms with Crippen LogP contribution in [0, 0.1) is 6.92 Å². The van der Waals surface area contributed by atoms with Crippen molar-refractivity contribution in [2.24, 2.45) is 0 Å². The summed E-state index contributed by atoms with van der Waals surface area (Å²) in [5.41, 5.74) is 1.34. The van der Waals surface area contributed by atoms with Crippen LogP contribution in [0.15, 0.2) is 24.3 Å². The van der Waals surface area contributed by atoms with Crippen LogP contribution in [-0.4, -0.2) is 40.9 Å². The zero-order chi connectivity index (χ0) is 16.4. The molecule has 2 rings (SSSR count). The SMILES string of the molecule is Cc1nc2ccccc2n1S(C)(=O)=O.O=C(O)C(F)(F)F. The fraction of sp³-hybridized carbons (Fsp3) is 0.273. The number of para-hydroxylation sites is 2. The van der Waals surface area contributed by atoms with Crippen molar-refractivity contribution in [2.75, 3.05) is 6.26 Å². The van der Waals surface area contributed by atoms with E-state index in [-0.39, 0.29) is 0 Å². The van der Waals surface area contributed by atoms with Gasteiger partial charge in [-0.25, -0.2) is 22.2 Å². The van der Waals surface area contributed by atoms with E-state index in [0.29, 0.717) is 16.9 Å². The Morgan fingerprint density at radius 1 is 1.29 bits per heavy atom. The molecule has 0 fully saturated rings. The summed E-state index contributed by atoms with van der Waals surface area (Å²) in [5.74, 6) is -2.26. The van der Waals surface area contributed by atoms with E-state index in [1.54, 1.807) is 25.1 Å². The van der Waals surface area contributed by atoms with Gasteiger partial charge in [0.15, 0.2) is 0 Å². The summed E-state index contributed by atoms with van der Waals surface area (Å²) in [6, 6.07) is 7.17. The van der Waals surface area contributed by atoms with Crippen LogP contribution in [0.25, 0.3) is 11.0 Å². The van der Waals surface area contributed by atoms with Crippen LogP contribution in [0.2, 0.25) is 0 Å². The number of halogens is 3. The summed E-state index contributed by atoms with van der Waals surface area (Å²) >= 11 is 0. The van der Waals surface area contributed by atoms with Gasteiger partial charge in [0.2, 0.25) is 10.0 Å². The molecule has 0 spiro atoms. The maximum Gasteiger partial charge on any atom is 0.490 e. The van der Waals surface area contributed by atoms with Crippen molar-refractivity contribution in [3.63, 3.8) is 0 Å². The predicted octanol–water partition coefficient (Wildman–Crippen LogP) is 1.79. The number of rotatable bonds is 1. The minimum Gasteiger partial charge on any atom is -0.475 e. The first-order valence-corrected chi connectivity index (χ1v) is 7.24. The fourth-order valence-electron chi connectivity index (χ4n) is 1.54. The van der Waals surface area contributed by atoms with Gasteiger partial charge in [-0.15, -0.1) is 0 Å². The third-order valence-corrected chi connectivity index (χ3v) is 3.38. The summed E-state index contributed by atoms with van der Waals surface area (Å²) < 4.78 is 55.9. The number of carboxylic acids is 1. The Hall–Kier alpha value is -2.10. The number of alkyl halides is 3. The Balaban J connectivity index is 0.000000270. The average molecular weight is 324 g/mol. The number of fused-ring (bicyclic) bond motifs is 1. The van der Waals surface area contributed by atoms with Crippen molar-refractivity contribution in [3.05, 3.63) is 30.1 Å². The quantitative estimate of drug-likeness (QED) is 0.864. The Morgan fingerprint density at radius 3 is 2.19 bits per heavy atom. The normalized spacial score (nSPS) is 11.9. The van der Waals surface area contributed by atoms with Crippen LogP contribution in [0.1, 0.15) is 5.82 Å². The molecule has 21 heavy (non-hydrogen) atoms. The average Bonchev–Trinajstić information content (AvgIpc) is 2.63. The van der Waals surface area contributed by atoms with E-state index in [1.165, 1.54) is 10.2 Å². The van der Waals surface area contributed by atoms with Crippen molar-refractivity contribution in [3.8, 4) is 0 Å². The number of carbonyl (C=O) groups is 1. The van der Waals surface area contributed by atoms with Gasteiger partial charge in [-0.05, 0) is 19.1 Å². The maximum atomic E-state index is 11.5. The standard InChI is InChI=1S/C9H10N2O2S.C2HF3O2/c1-7-10-8-5-3-4-6-9(8)11(7)14(2,12)13;3-2(4,5)1(6)7/h3-6H,1-2H3;(H,6,7). The number of aromatic nitrogens is 2. The molecule has 10 heteroatoms. The van der Waals surface area contributed by atoms with Crippen molar-refractivity contribution in [1.82, 2.24) is 8.96 Å². The van der Waals surface area contributed by atoms with E-state index in [4.69, 9.17) is 9.90 Å². The number of hydrogen-bond donors (Lipinski definition) is 1. The highest BCUT2D eigenvalue weighted by molar-refractivity contribution is 7.89. The predicted molar refractivity (Wildman–Crippen MR) is 68.4 cm³/mol. The largest absolute Gasteiger partial charge is 0.490 e. The zero-order valence-electron chi connectivity index (χ0n) is 10.9. The topological polar surface area (TPSA) is 89.3 Å². The second-order valence-electron chi connectivity index (χ2n) is 3.98. The summed E-state index contributed by atoms with van der Waals surface area (Å²) in [5, 5.41) is 7.12. The van der Waals surface area contributed by atoms with Gasteiger partial charge in [-0.2, -0.15) is 13.2 Å². The van der Waals surface area contributed by atoms with Gasteiger partial charge in [0.25, 0.3) is 0 Å². The lowest BCUT2D eigenvalue weighted by Gasteiger charge is -2.01. The Labute approximate surface area is 117 Å². The Kier molecular flexibility index (Phi) is 4.62. The monoisotopic (exact) mass is 324 g/mol. The molecule has 6 nitrogen and oxygen atoms in total. The van der Waals surface area contributed by atoms with E-state index in [9.17, 15) is 21.6 Å². The minimum atomic E-state index is -5.08. The first-order chi connectivity index (χ1) is 9.44. The zero-order valence-corrected chi connectivity index (χ0v) is 11.7. The number of carboxylic acid groups (broad SMARTS) is 1. The van der Waals surface area contributed by atoms with Gasteiger partial charge in [0.1, 0.15) is 5.82 Å². The molecule has 0 aliphatic rings. The van der Waals surface area contributed by atoms with Crippen molar-refractivity contribution < 1.29 is 31.5 Å². The third-order valence-electron chi connectivity index (χ3n) is 2.25. The lowest BCUT2D eigenvalue weighted by atomic mass is 10.3. The van der Waals surface area contributed by atoms with Crippen molar-refractivity contribution in [2.45, 2.75) is 13.1 Å². The second-order valence-corrected chi connectivity index (χ2v) is 5.81. The highest BCUT2D eigenvalue weighted by Gasteiger charge is 2.38. The summed E-state index contributed by atoms with van der Waals surface area (Å²) in [4.78, 5) is 13.1. The van der Waals surface area contributed by atoms with Crippen molar-refractivity contribution in [1.29, 1.82) is 0 Å². The van der Waals surface area contributed by atoms with Gasteiger partial charge in [-0.3, -0.25) is 0 Å². The van der Waals surface area contributed by atoms with Crippen LogP contribution in [0.5, 0.6) is 0 Å². The van der Waals surface area contributed by atoms with Gasteiger partial charge in [0, 0.05) is 0 Å². The molecule has 0 saturated heterocycles.